The molecule has 2 rings (SSSR count). The standard InChI is InChI=1S/C12H11Cl2N/c1-7(2)8-3-4-11-9(5-8)10(13)6-12(14)15-11/h3-7H,1-2H3. The summed E-state index contributed by atoms with van der Waals surface area (Å²) in [6.45, 7) is 4.30. The summed E-state index contributed by atoms with van der Waals surface area (Å²) in [7, 11) is 0. The van der Waals surface area contributed by atoms with E-state index in [4.69, 9.17) is 23.2 Å². The van der Waals surface area contributed by atoms with Gasteiger partial charge in [0.2, 0.25) is 0 Å². The van der Waals surface area contributed by atoms with Gasteiger partial charge >= 0.3 is 0 Å². The zero-order chi connectivity index (χ0) is 11.0. The lowest BCUT2D eigenvalue weighted by molar-refractivity contribution is 0.868. The van der Waals surface area contributed by atoms with Gasteiger partial charge in [-0.3, -0.25) is 0 Å². The van der Waals surface area contributed by atoms with E-state index in [9.17, 15) is 0 Å². The zero-order valence-corrected chi connectivity index (χ0v) is 10.1. The van der Waals surface area contributed by atoms with Crippen LogP contribution < -0.4 is 0 Å². The molecule has 1 aromatic heterocycles. The van der Waals surface area contributed by atoms with Crippen LogP contribution in [0.3, 0.4) is 0 Å². The summed E-state index contributed by atoms with van der Waals surface area (Å²) in [6.07, 6.45) is 0. The summed E-state index contributed by atoms with van der Waals surface area (Å²) in [5, 5.41) is 2.06. The highest BCUT2D eigenvalue weighted by Gasteiger charge is 2.05. The van der Waals surface area contributed by atoms with Crippen LogP contribution in [0, 0.1) is 0 Å². The van der Waals surface area contributed by atoms with Crippen LogP contribution in [-0.4, -0.2) is 4.98 Å². The Hall–Kier alpha value is -0.790. The van der Waals surface area contributed by atoms with Gasteiger partial charge in [0.15, 0.2) is 0 Å². The maximum absolute atomic E-state index is 6.11. The van der Waals surface area contributed by atoms with E-state index < -0.39 is 0 Å². The molecule has 0 aliphatic carbocycles. The van der Waals surface area contributed by atoms with Gasteiger partial charge in [-0.1, -0.05) is 43.1 Å². The molecule has 0 N–H and O–H groups in total. The van der Waals surface area contributed by atoms with E-state index in [0.29, 0.717) is 16.1 Å². The highest BCUT2D eigenvalue weighted by molar-refractivity contribution is 6.37. The van der Waals surface area contributed by atoms with Crippen molar-refractivity contribution in [3.05, 3.63) is 40.0 Å². The summed E-state index contributed by atoms with van der Waals surface area (Å²) < 4.78 is 0. The van der Waals surface area contributed by atoms with Crippen LogP contribution in [0.25, 0.3) is 10.9 Å². The first-order valence-corrected chi connectivity index (χ1v) is 5.59. The van der Waals surface area contributed by atoms with Crippen LogP contribution in [0.5, 0.6) is 0 Å². The van der Waals surface area contributed by atoms with Crippen molar-refractivity contribution in [3.8, 4) is 0 Å². The van der Waals surface area contributed by atoms with Gasteiger partial charge in [0.05, 0.1) is 10.5 Å². The van der Waals surface area contributed by atoms with Crippen molar-refractivity contribution in [2.24, 2.45) is 0 Å². The van der Waals surface area contributed by atoms with Gasteiger partial charge < -0.3 is 0 Å². The number of hydrogen-bond acceptors (Lipinski definition) is 1. The van der Waals surface area contributed by atoms with Gasteiger partial charge in [-0.05, 0) is 29.7 Å². The average molecular weight is 240 g/mol. The van der Waals surface area contributed by atoms with Crippen LogP contribution >= 0.6 is 23.2 Å². The fourth-order valence-corrected chi connectivity index (χ4v) is 2.04. The maximum Gasteiger partial charge on any atom is 0.131 e. The minimum Gasteiger partial charge on any atom is -0.236 e. The molecule has 0 saturated heterocycles. The third-order valence-electron chi connectivity index (χ3n) is 2.42. The van der Waals surface area contributed by atoms with E-state index in [1.807, 2.05) is 6.07 Å². The average Bonchev–Trinajstić information content (AvgIpc) is 2.16. The van der Waals surface area contributed by atoms with E-state index in [0.717, 1.165) is 10.9 Å². The fourth-order valence-electron chi connectivity index (χ4n) is 1.53. The molecule has 1 heterocycles. The monoisotopic (exact) mass is 239 g/mol. The largest absolute Gasteiger partial charge is 0.236 e. The maximum atomic E-state index is 6.11. The van der Waals surface area contributed by atoms with Crippen LogP contribution in [0.4, 0.5) is 0 Å². The van der Waals surface area contributed by atoms with Gasteiger partial charge in [-0.15, -0.1) is 0 Å². The van der Waals surface area contributed by atoms with E-state index in [1.165, 1.54) is 5.56 Å². The second-order valence-electron chi connectivity index (χ2n) is 3.86. The molecule has 0 spiro atoms. The van der Waals surface area contributed by atoms with E-state index >= 15 is 0 Å². The topological polar surface area (TPSA) is 12.9 Å². The van der Waals surface area contributed by atoms with Gasteiger partial charge in [0.1, 0.15) is 5.15 Å². The van der Waals surface area contributed by atoms with Crippen molar-refractivity contribution in [1.82, 2.24) is 4.98 Å². The molecule has 78 valence electrons. The molecular formula is C12H11Cl2N. The number of fused-ring (bicyclic) bond motifs is 1. The molecule has 1 aromatic carbocycles. The summed E-state index contributed by atoms with van der Waals surface area (Å²) >= 11 is 11.9. The first-order valence-electron chi connectivity index (χ1n) is 4.83. The number of aromatic nitrogens is 1. The molecule has 0 unspecified atom stereocenters. The SMILES string of the molecule is CC(C)c1ccc2nc(Cl)cc(Cl)c2c1. The highest BCUT2D eigenvalue weighted by Crippen LogP contribution is 2.28. The third kappa shape index (κ3) is 2.09. The predicted molar refractivity (Wildman–Crippen MR) is 65.9 cm³/mol. The molecule has 0 amide bonds. The van der Waals surface area contributed by atoms with Crippen LogP contribution in [0.15, 0.2) is 24.3 Å². The Bertz CT molecular complexity index is 506. The number of rotatable bonds is 1. The first-order chi connectivity index (χ1) is 7.08. The molecular weight excluding hydrogens is 229 g/mol. The molecule has 0 atom stereocenters. The Morgan fingerprint density at radius 1 is 1.13 bits per heavy atom. The lowest BCUT2D eigenvalue weighted by atomic mass is 10.0. The van der Waals surface area contributed by atoms with Gasteiger partial charge in [0.25, 0.3) is 0 Å². The second kappa shape index (κ2) is 3.99. The van der Waals surface area contributed by atoms with Crippen LogP contribution in [0.2, 0.25) is 10.2 Å². The van der Waals surface area contributed by atoms with Gasteiger partial charge in [-0.25, -0.2) is 4.98 Å². The number of hydrogen-bond donors (Lipinski definition) is 0. The van der Waals surface area contributed by atoms with Gasteiger partial charge in [0, 0.05) is 5.39 Å². The van der Waals surface area contributed by atoms with E-state index in [-0.39, 0.29) is 0 Å². The molecule has 0 aliphatic heterocycles. The molecule has 0 saturated carbocycles. The van der Waals surface area contributed by atoms with Crippen molar-refractivity contribution < 1.29 is 0 Å². The summed E-state index contributed by atoms with van der Waals surface area (Å²) in [6, 6.07) is 7.77. The van der Waals surface area contributed by atoms with Crippen molar-refractivity contribution in [2.45, 2.75) is 19.8 Å². The van der Waals surface area contributed by atoms with E-state index in [2.05, 4.69) is 31.0 Å². The Kier molecular flexibility index (Phi) is 2.85. The minimum absolute atomic E-state index is 0.435. The summed E-state index contributed by atoms with van der Waals surface area (Å²) in [5.74, 6) is 0.487. The molecule has 1 nitrogen and oxygen atoms in total. The second-order valence-corrected chi connectivity index (χ2v) is 4.65. The predicted octanol–water partition coefficient (Wildman–Crippen LogP) is 4.67. The van der Waals surface area contributed by atoms with Crippen molar-refractivity contribution >= 4 is 34.1 Å². The van der Waals surface area contributed by atoms with Crippen LogP contribution in [0.1, 0.15) is 25.3 Å². The molecule has 15 heavy (non-hydrogen) atoms. The molecule has 0 aliphatic rings. The van der Waals surface area contributed by atoms with E-state index in [1.54, 1.807) is 6.07 Å². The minimum atomic E-state index is 0.435. The summed E-state index contributed by atoms with van der Waals surface area (Å²) in [4.78, 5) is 4.22. The molecule has 3 heteroatoms. The number of nitrogens with zero attached hydrogens (tertiary/aromatic N) is 1. The Labute approximate surface area is 99.0 Å². The number of benzene rings is 1. The first kappa shape index (κ1) is 10.7. The van der Waals surface area contributed by atoms with Crippen molar-refractivity contribution in [3.63, 3.8) is 0 Å². The fraction of sp³-hybridized carbons (Fsp3) is 0.250. The number of pyridine rings is 1. The quantitative estimate of drug-likeness (QED) is 0.660. The lowest BCUT2D eigenvalue weighted by Gasteiger charge is -2.07. The number of halogens is 2. The van der Waals surface area contributed by atoms with Gasteiger partial charge in [-0.2, -0.15) is 0 Å². The zero-order valence-electron chi connectivity index (χ0n) is 8.59. The van der Waals surface area contributed by atoms with Crippen molar-refractivity contribution in [1.29, 1.82) is 0 Å². The molecule has 2 aromatic rings. The summed E-state index contributed by atoms with van der Waals surface area (Å²) in [5.41, 5.74) is 2.10. The Morgan fingerprint density at radius 3 is 2.53 bits per heavy atom. The third-order valence-corrected chi connectivity index (χ3v) is 2.92. The molecule has 0 radical (unpaired) electrons. The Morgan fingerprint density at radius 2 is 1.87 bits per heavy atom. The Balaban J connectivity index is 2.71. The van der Waals surface area contributed by atoms with Crippen LogP contribution in [-0.2, 0) is 0 Å². The normalized spacial score (nSPS) is 11.3. The van der Waals surface area contributed by atoms with Crippen molar-refractivity contribution in [2.75, 3.05) is 0 Å². The smallest absolute Gasteiger partial charge is 0.131 e. The lowest BCUT2D eigenvalue weighted by Crippen LogP contribution is -1.88. The molecule has 0 bridgehead atoms. The molecule has 0 fully saturated rings. The highest BCUT2D eigenvalue weighted by atomic mass is 35.5.